The van der Waals surface area contributed by atoms with E-state index in [1.165, 1.54) is 0 Å². The number of pyridine rings is 1. The van der Waals surface area contributed by atoms with Crippen LogP contribution in [0.15, 0.2) is 6.20 Å². The molecule has 8 heteroatoms. The first-order chi connectivity index (χ1) is 14.1. The topological polar surface area (TPSA) is 63.2 Å². The second-order valence-electron chi connectivity index (χ2n) is 8.70. The zero-order valence-corrected chi connectivity index (χ0v) is 16.8. The minimum atomic E-state index is -0.812. The number of fused-ring (bicyclic) bond motifs is 2. The van der Waals surface area contributed by atoms with Crippen molar-refractivity contribution in [2.45, 2.75) is 56.7 Å². The van der Waals surface area contributed by atoms with Crippen molar-refractivity contribution in [1.29, 1.82) is 0 Å². The predicted molar refractivity (Wildman–Crippen MR) is 105 cm³/mol. The van der Waals surface area contributed by atoms with Gasteiger partial charge in [0.15, 0.2) is 5.82 Å². The molecule has 5 rings (SSSR count). The summed E-state index contributed by atoms with van der Waals surface area (Å²) in [6.45, 7) is 5.17. The molecule has 3 fully saturated rings. The molecule has 0 amide bonds. The van der Waals surface area contributed by atoms with E-state index in [1.54, 1.807) is 13.1 Å². The van der Waals surface area contributed by atoms with Gasteiger partial charge >= 0.3 is 6.01 Å². The number of halogens is 2. The highest BCUT2D eigenvalue weighted by atomic mass is 19.1. The lowest BCUT2D eigenvalue weighted by atomic mass is 9.92. The summed E-state index contributed by atoms with van der Waals surface area (Å²) in [6, 6.07) is 0.194. The number of ether oxygens (including phenoxy) is 1. The third-order valence-electron chi connectivity index (χ3n) is 6.82. The van der Waals surface area contributed by atoms with Crippen molar-refractivity contribution < 1.29 is 13.5 Å². The molecule has 0 bridgehead atoms. The molecule has 0 saturated carbocycles. The highest BCUT2D eigenvalue weighted by Gasteiger charge is 2.49. The lowest BCUT2D eigenvalue weighted by Crippen LogP contribution is -2.43. The van der Waals surface area contributed by atoms with Gasteiger partial charge < -0.3 is 10.1 Å². The maximum atomic E-state index is 14.9. The Morgan fingerprint density at radius 2 is 2.14 bits per heavy atom. The van der Waals surface area contributed by atoms with Gasteiger partial charge in [-0.25, -0.2) is 8.78 Å². The maximum absolute atomic E-state index is 14.9. The Kier molecular flexibility index (Phi) is 4.86. The third-order valence-corrected chi connectivity index (χ3v) is 6.82. The predicted octanol–water partition coefficient (Wildman–Crippen LogP) is 2.89. The van der Waals surface area contributed by atoms with E-state index in [1.807, 2.05) is 0 Å². The van der Waals surface area contributed by atoms with Crippen LogP contribution in [0, 0.1) is 12.7 Å². The Morgan fingerprint density at radius 3 is 2.97 bits per heavy atom. The number of hydrogen-bond acceptors (Lipinski definition) is 6. The Balaban J connectivity index is 1.49. The molecule has 5 heterocycles. The molecule has 2 atom stereocenters. The number of rotatable bonds is 4. The van der Waals surface area contributed by atoms with Gasteiger partial charge in [0.05, 0.1) is 16.9 Å². The van der Waals surface area contributed by atoms with Gasteiger partial charge in [-0.2, -0.15) is 9.97 Å². The Bertz CT molecular complexity index is 920. The van der Waals surface area contributed by atoms with Crippen LogP contribution in [-0.4, -0.2) is 64.3 Å². The second-order valence-corrected chi connectivity index (χ2v) is 8.70. The van der Waals surface area contributed by atoms with Gasteiger partial charge in [-0.3, -0.25) is 9.88 Å². The summed E-state index contributed by atoms with van der Waals surface area (Å²) in [5.74, 6) is -0.203. The van der Waals surface area contributed by atoms with Crippen molar-refractivity contribution in [1.82, 2.24) is 25.2 Å². The number of aromatic nitrogens is 3. The second kappa shape index (κ2) is 7.40. The van der Waals surface area contributed by atoms with E-state index in [9.17, 15) is 8.78 Å². The van der Waals surface area contributed by atoms with Crippen LogP contribution in [0.4, 0.5) is 8.78 Å². The van der Waals surface area contributed by atoms with E-state index < -0.39 is 12.0 Å². The zero-order chi connectivity index (χ0) is 20.0. The first kappa shape index (κ1) is 19.1. The SMILES string of the molecule is Cc1ncc2c(C3CCNCC3)nc(OC[C@@]34CCCN3C[C@H](F)C4)nc2c1F. The van der Waals surface area contributed by atoms with Crippen LogP contribution in [-0.2, 0) is 0 Å². The molecule has 2 aromatic rings. The van der Waals surface area contributed by atoms with Gasteiger partial charge in [-0.1, -0.05) is 0 Å². The van der Waals surface area contributed by atoms with Crippen LogP contribution in [0.25, 0.3) is 10.9 Å². The van der Waals surface area contributed by atoms with Gasteiger partial charge in [-0.05, 0) is 52.2 Å². The van der Waals surface area contributed by atoms with Crippen molar-refractivity contribution in [2.75, 3.05) is 32.8 Å². The summed E-state index contributed by atoms with van der Waals surface area (Å²) in [4.78, 5) is 15.5. The van der Waals surface area contributed by atoms with E-state index in [4.69, 9.17) is 9.72 Å². The smallest absolute Gasteiger partial charge is 0.317 e. The highest BCUT2D eigenvalue weighted by molar-refractivity contribution is 5.81. The average molecular weight is 403 g/mol. The van der Waals surface area contributed by atoms with Gasteiger partial charge in [0.2, 0.25) is 0 Å². The molecule has 3 saturated heterocycles. The van der Waals surface area contributed by atoms with Crippen LogP contribution in [0.5, 0.6) is 6.01 Å². The van der Waals surface area contributed by atoms with Gasteiger partial charge in [0.25, 0.3) is 0 Å². The quantitative estimate of drug-likeness (QED) is 0.847. The highest BCUT2D eigenvalue weighted by Crippen LogP contribution is 2.40. The minimum Gasteiger partial charge on any atom is -0.461 e. The molecule has 0 spiro atoms. The summed E-state index contributed by atoms with van der Waals surface area (Å²) in [5.41, 5.74) is 1.12. The molecule has 156 valence electrons. The molecular weight excluding hydrogens is 376 g/mol. The van der Waals surface area contributed by atoms with Crippen LogP contribution in [0.2, 0.25) is 0 Å². The van der Waals surface area contributed by atoms with Crippen LogP contribution < -0.4 is 10.1 Å². The molecule has 0 aliphatic carbocycles. The molecule has 0 unspecified atom stereocenters. The maximum Gasteiger partial charge on any atom is 0.317 e. The van der Waals surface area contributed by atoms with E-state index in [2.05, 4.69) is 20.2 Å². The zero-order valence-electron chi connectivity index (χ0n) is 16.8. The first-order valence-corrected chi connectivity index (χ1v) is 10.6. The number of nitrogens with one attached hydrogen (secondary N) is 1. The Hall–Kier alpha value is -1.93. The van der Waals surface area contributed by atoms with Gasteiger partial charge in [0, 0.05) is 30.5 Å². The molecule has 3 aliphatic heterocycles. The molecule has 0 aromatic carbocycles. The molecular formula is C21H27F2N5O. The molecule has 1 N–H and O–H groups in total. The van der Waals surface area contributed by atoms with Crippen molar-refractivity contribution in [3.63, 3.8) is 0 Å². The van der Waals surface area contributed by atoms with Crippen molar-refractivity contribution in [3.05, 3.63) is 23.4 Å². The number of nitrogens with zero attached hydrogens (tertiary/aromatic N) is 4. The summed E-state index contributed by atoms with van der Waals surface area (Å²) >= 11 is 0. The number of piperidine rings is 1. The number of alkyl halides is 1. The van der Waals surface area contributed by atoms with Crippen LogP contribution in [0.3, 0.4) is 0 Å². The molecule has 6 nitrogen and oxygen atoms in total. The summed E-state index contributed by atoms with van der Waals surface area (Å²) < 4.78 is 34.9. The Morgan fingerprint density at radius 1 is 1.31 bits per heavy atom. The average Bonchev–Trinajstić information content (AvgIpc) is 3.25. The van der Waals surface area contributed by atoms with Crippen LogP contribution >= 0.6 is 0 Å². The van der Waals surface area contributed by atoms with E-state index in [0.717, 1.165) is 51.0 Å². The van der Waals surface area contributed by atoms with E-state index >= 15 is 0 Å². The summed E-state index contributed by atoms with van der Waals surface area (Å²) in [7, 11) is 0. The van der Waals surface area contributed by atoms with Gasteiger partial charge in [-0.15, -0.1) is 0 Å². The fourth-order valence-corrected chi connectivity index (χ4v) is 5.27. The standard InChI is InChI=1S/C21H27F2N5O/c1-13-17(23)19-16(10-25-13)18(14-3-6-24-7-4-14)26-20(27-19)29-12-21-5-2-8-28(21)11-15(22)9-21/h10,14-15,24H,2-9,11-12H2,1H3/t15-,21+/m1/s1. The normalized spacial score (nSPS) is 28.2. The largest absolute Gasteiger partial charge is 0.461 e. The lowest BCUT2D eigenvalue weighted by molar-refractivity contribution is 0.107. The van der Waals surface area contributed by atoms with E-state index in [0.29, 0.717) is 30.7 Å². The molecule has 2 aromatic heterocycles. The minimum absolute atomic E-state index is 0.194. The van der Waals surface area contributed by atoms with Crippen LogP contribution in [0.1, 0.15) is 49.4 Å². The first-order valence-electron chi connectivity index (χ1n) is 10.6. The fraction of sp³-hybridized carbons (Fsp3) is 0.667. The summed E-state index contributed by atoms with van der Waals surface area (Å²) in [6.07, 6.45) is 5.18. The van der Waals surface area contributed by atoms with Crippen molar-refractivity contribution in [2.24, 2.45) is 0 Å². The third kappa shape index (κ3) is 3.36. The number of hydrogen-bond donors (Lipinski definition) is 1. The van der Waals surface area contributed by atoms with E-state index in [-0.39, 0.29) is 23.0 Å². The molecule has 3 aliphatic rings. The van der Waals surface area contributed by atoms with Crippen molar-refractivity contribution in [3.8, 4) is 6.01 Å². The van der Waals surface area contributed by atoms with Crippen molar-refractivity contribution >= 4 is 10.9 Å². The number of aryl methyl sites for hydroxylation is 1. The molecule has 29 heavy (non-hydrogen) atoms. The lowest BCUT2D eigenvalue weighted by Gasteiger charge is -2.31. The summed E-state index contributed by atoms with van der Waals surface area (Å²) in [5, 5.41) is 4.02. The fourth-order valence-electron chi connectivity index (χ4n) is 5.27. The molecule has 0 radical (unpaired) electrons. The Labute approximate surface area is 169 Å². The van der Waals surface area contributed by atoms with Gasteiger partial charge in [0.1, 0.15) is 18.3 Å². The monoisotopic (exact) mass is 403 g/mol.